The van der Waals surface area contributed by atoms with Crippen LogP contribution in [0.25, 0.3) is 0 Å². The SMILES string of the molecule is CC(=O)C[C@H](c1ccccc1)[C@@H](c1ccccc1)[N+](=O)[O-]. The second-order valence-electron chi connectivity index (χ2n) is 5.06. The Hall–Kier alpha value is -2.49. The fourth-order valence-corrected chi connectivity index (χ4v) is 2.57. The average Bonchev–Trinajstić information content (AvgIpc) is 2.48. The van der Waals surface area contributed by atoms with Crippen LogP contribution in [0.3, 0.4) is 0 Å². The molecule has 4 heteroatoms. The van der Waals surface area contributed by atoms with Crippen LogP contribution >= 0.6 is 0 Å². The van der Waals surface area contributed by atoms with Crippen LogP contribution in [-0.4, -0.2) is 10.7 Å². The fraction of sp³-hybridized carbons (Fsp3) is 0.235. The highest BCUT2D eigenvalue weighted by molar-refractivity contribution is 5.76. The van der Waals surface area contributed by atoms with Gasteiger partial charge < -0.3 is 4.79 Å². The first-order valence-corrected chi connectivity index (χ1v) is 6.82. The lowest BCUT2D eigenvalue weighted by Gasteiger charge is -2.20. The molecular formula is C17H17NO3. The Labute approximate surface area is 123 Å². The number of benzene rings is 2. The van der Waals surface area contributed by atoms with Gasteiger partial charge in [-0.15, -0.1) is 0 Å². The van der Waals surface area contributed by atoms with E-state index in [0.29, 0.717) is 5.56 Å². The molecule has 0 aliphatic carbocycles. The highest BCUT2D eigenvalue weighted by atomic mass is 16.6. The predicted octanol–water partition coefficient (Wildman–Crippen LogP) is 3.77. The van der Waals surface area contributed by atoms with Crippen LogP contribution in [0.1, 0.15) is 36.4 Å². The lowest BCUT2D eigenvalue weighted by Crippen LogP contribution is -2.21. The average molecular weight is 283 g/mol. The third kappa shape index (κ3) is 3.75. The van der Waals surface area contributed by atoms with Crippen LogP contribution in [0, 0.1) is 10.1 Å². The summed E-state index contributed by atoms with van der Waals surface area (Å²) in [6.07, 6.45) is 0.157. The number of hydrogen-bond acceptors (Lipinski definition) is 3. The van der Waals surface area contributed by atoms with Crippen molar-refractivity contribution in [2.75, 3.05) is 0 Å². The Morgan fingerprint density at radius 2 is 1.48 bits per heavy atom. The van der Waals surface area contributed by atoms with Crippen molar-refractivity contribution in [2.45, 2.75) is 25.3 Å². The van der Waals surface area contributed by atoms with Crippen molar-refractivity contribution in [3.05, 3.63) is 81.9 Å². The zero-order valence-electron chi connectivity index (χ0n) is 11.8. The van der Waals surface area contributed by atoms with Crippen LogP contribution in [0.2, 0.25) is 0 Å². The van der Waals surface area contributed by atoms with Gasteiger partial charge in [-0.05, 0) is 12.5 Å². The van der Waals surface area contributed by atoms with Gasteiger partial charge in [0.05, 0.1) is 5.92 Å². The standard InChI is InChI=1S/C17H17NO3/c1-13(19)12-16(14-8-4-2-5-9-14)17(18(20)21)15-10-6-3-7-11-15/h2-11,16-17H,12H2,1H3/t16-,17-/m1/s1. The van der Waals surface area contributed by atoms with E-state index in [1.165, 1.54) is 6.92 Å². The molecule has 0 amide bonds. The van der Waals surface area contributed by atoms with Gasteiger partial charge in [0.2, 0.25) is 6.04 Å². The third-order valence-electron chi connectivity index (χ3n) is 3.48. The summed E-state index contributed by atoms with van der Waals surface area (Å²) in [5, 5.41) is 11.6. The quantitative estimate of drug-likeness (QED) is 0.599. The van der Waals surface area contributed by atoms with Gasteiger partial charge in [-0.3, -0.25) is 10.1 Å². The van der Waals surface area contributed by atoms with E-state index >= 15 is 0 Å². The maximum Gasteiger partial charge on any atom is 0.245 e. The summed E-state index contributed by atoms with van der Waals surface area (Å²) in [6, 6.07) is 17.2. The minimum absolute atomic E-state index is 0.0494. The first kappa shape index (κ1) is 14.9. The minimum Gasteiger partial charge on any atom is -0.300 e. The molecule has 0 saturated carbocycles. The Morgan fingerprint density at radius 3 is 1.90 bits per heavy atom. The number of carbonyl (C=O) groups is 1. The Morgan fingerprint density at radius 1 is 1.00 bits per heavy atom. The van der Waals surface area contributed by atoms with E-state index in [-0.39, 0.29) is 17.1 Å². The van der Waals surface area contributed by atoms with E-state index in [0.717, 1.165) is 5.56 Å². The maximum absolute atomic E-state index is 11.6. The molecule has 2 rings (SSSR count). The van der Waals surface area contributed by atoms with Crippen molar-refractivity contribution in [3.8, 4) is 0 Å². The van der Waals surface area contributed by atoms with Gasteiger partial charge in [0, 0.05) is 16.9 Å². The summed E-state index contributed by atoms with van der Waals surface area (Å²) in [7, 11) is 0. The van der Waals surface area contributed by atoms with Crippen LogP contribution < -0.4 is 0 Å². The third-order valence-corrected chi connectivity index (χ3v) is 3.48. The molecule has 0 unspecified atom stereocenters. The molecule has 0 N–H and O–H groups in total. The number of ketones is 1. The molecule has 0 spiro atoms. The molecule has 0 aliphatic heterocycles. The number of rotatable bonds is 6. The van der Waals surface area contributed by atoms with E-state index in [1.54, 1.807) is 24.3 Å². The molecule has 2 aromatic carbocycles. The Bertz CT molecular complexity index is 610. The molecule has 0 saturated heterocycles. The summed E-state index contributed by atoms with van der Waals surface area (Å²) in [6.45, 7) is 1.47. The molecule has 0 aliphatic rings. The summed E-state index contributed by atoms with van der Waals surface area (Å²) < 4.78 is 0. The van der Waals surface area contributed by atoms with E-state index < -0.39 is 12.0 Å². The van der Waals surface area contributed by atoms with E-state index in [4.69, 9.17) is 0 Å². The number of Topliss-reactive ketones (excluding diaryl/α,β-unsaturated/α-hetero) is 1. The van der Waals surface area contributed by atoms with Gasteiger partial charge in [0.1, 0.15) is 5.78 Å². The van der Waals surface area contributed by atoms with Crippen LogP contribution in [0.5, 0.6) is 0 Å². The van der Waals surface area contributed by atoms with Crippen LogP contribution in [-0.2, 0) is 4.79 Å². The maximum atomic E-state index is 11.6. The lowest BCUT2D eigenvalue weighted by molar-refractivity contribution is -0.533. The van der Waals surface area contributed by atoms with Crippen molar-refractivity contribution < 1.29 is 9.72 Å². The van der Waals surface area contributed by atoms with Gasteiger partial charge >= 0.3 is 0 Å². The van der Waals surface area contributed by atoms with Gasteiger partial charge in [-0.1, -0.05) is 60.7 Å². The summed E-state index contributed by atoms with van der Waals surface area (Å²) in [5.74, 6) is -0.507. The first-order valence-electron chi connectivity index (χ1n) is 6.82. The van der Waals surface area contributed by atoms with Crippen molar-refractivity contribution in [2.24, 2.45) is 0 Å². The first-order chi connectivity index (χ1) is 10.1. The topological polar surface area (TPSA) is 60.2 Å². The smallest absolute Gasteiger partial charge is 0.245 e. The number of nitrogens with zero attached hydrogens (tertiary/aromatic N) is 1. The molecule has 0 fully saturated rings. The zero-order chi connectivity index (χ0) is 15.2. The molecule has 0 heterocycles. The highest BCUT2D eigenvalue weighted by Gasteiger charge is 2.35. The molecule has 0 aromatic heterocycles. The van der Waals surface area contributed by atoms with Gasteiger partial charge in [-0.2, -0.15) is 0 Å². The number of nitro groups is 1. The van der Waals surface area contributed by atoms with Gasteiger partial charge in [0.15, 0.2) is 0 Å². The van der Waals surface area contributed by atoms with Crippen molar-refractivity contribution >= 4 is 5.78 Å². The molecule has 0 radical (unpaired) electrons. The van der Waals surface area contributed by atoms with Crippen LogP contribution in [0.4, 0.5) is 0 Å². The monoisotopic (exact) mass is 283 g/mol. The normalized spacial score (nSPS) is 13.4. The van der Waals surface area contributed by atoms with E-state index in [1.807, 2.05) is 36.4 Å². The van der Waals surface area contributed by atoms with Gasteiger partial charge in [0.25, 0.3) is 0 Å². The number of carbonyl (C=O) groups excluding carboxylic acids is 1. The second-order valence-corrected chi connectivity index (χ2v) is 5.06. The summed E-state index contributed by atoms with van der Waals surface area (Å²) in [5.41, 5.74) is 1.44. The summed E-state index contributed by atoms with van der Waals surface area (Å²) in [4.78, 5) is 22.9. The highest BCUT2D eigenvalue weighted by Crippen LogP contribution is 2.36. The summed E-state index contributed by atoms with van der Waals surface area (Å²) >= 11 is 0. The molecule has 108 valence electrons. The van der Waals surface area contributed by atoms with Crippen molar-refractivity contribution in [1.82, 2.24) is 0 Å². The van der Waals surface area contributed by atoms with E-state index in [2.05, 4.69) is 0 Å². The van der Waals surface area contributed by atoms with Crippen molar-refractivity contribution in [1.29, 1.82) is 0 Å². The predicted molar refractivity (Wildman–Crippen MR) is 80.7 cm³/mol. The molecule has 2 aromatic rings. The number of hydrogen-bond donors (Lipinski definition) is 0. The molecule has 21 heavy (non-hydrogen) atoms. The molecule has 4 nitrogen and oxygen atoms in total. The zero-order valence-corrected chi connectivity index (χ0v) is 11.8. The lowest BCUT2D eigenvalue weighted by atomic mass is 9.84. The van der Waals surface area contributed by atoms with Crippen LogP contribution in [0.15, 0.2) is 60.7 Å². The largest absolute Gasteiger partial charge is 0.300 e. The van der Waals surface area contributed by atoms with Crippen molar-refractivity contribution in [3.63, 3.8) is 0 Å². The fourth-order valence-electron chi connectivity index (χ4n) is 2.57. The minimum atomic E-state index is -0.919. The molecule has 0 bridgehead atoms. The Kier molecular flexibility index (Phi) is 4.82. The Balaban J connectivity index is 2.46. The second kappa shape index (κ2) is 6.79. The molecular weight excluding hydrogens is 266 g/mol. The van der Waals surface area contributed by atoms with E-state index in [9.17, 15) is 14.9 Å². The van der Waals surface area contributed by atoms with Gasteiger partial charge in [-0.25, -0.2) is 0 Å². The molecule has 2 atom stereocenters.